The molecule has 2 heterocycles. The van der Waals surface area contributed by atoms with E-state index in [9.17, 15) is 18.0 Å². The van der Waals surface area contributed by atoms with Crippen molar-refractivity contribution in [2.45, 2.75) is 13.8 Å². The van der Waals surface area contributed by atoms with Crippen LogP contribution >= 0.6 is 0 Å². The Balaban J connectivity index is 2.20. The number of anilines is 1. The minimum atomic E-state index is -0.922. The molecule has 0 aliphatic carbocycles. The molecular weight excluding hydrogens is 381 g/mol. The zero-order valence-electron chi connectivity index (χ0n) is 15.5. The Morgan fingerprint density at radius 2 is 1.66 bits per heavy atom. The average molecular weight is 396 g/mol. The SMILES string of the molecule is Cc1nc(-c2ccc(F)cc2C)c2c(N)cc(=O)n(-c3c(F)cccc3F)c2n1. The smallest absolute Gasteiger partial charge is 0.259 e. The number of halogens is 3. The number of fused-ring (bicyclic) bond motifs is 1. The molecule has 0 saturated carbocycles. The van der Waals surface area contributed by atoms with Gasteiger partial charge in [0.25, 0.3) is 5.56 Å². The first kappa shape index (κ1) is 18.7. The van der Waals surface area contributed by atoms with Crippen LogP contribution in [0.4, 0.5) is 18.9 Å². The molecule has 4 aromatic rings. The van der Waals surface area contributed by atoms with Gasteiger partial charge in [-0.15, -0.1) is 0 Å². The van der Waals surface area contributed by atoms with Crippen LogP contribution in [0.15, 0.2) is 47.3 Å². The van der Waals surface area contributed by atoms with Crippen molar-refractivity contribution in [3.8, 4) is 16.9 Å². The van der Waals surface area contributed by atoms with Gasteiger partial charge in [-0.05, 0) is 49.7 Å². The van der Waals surface area contributed by atoms with Crippen LogP contribution in [0.25, 0.3) is 28.0 Å². The van der Waals surface area contributed by atoms with E-state index in [4.69, 9.17) is 5.73 Å². The van der Waals surface area contributed by atoms with Crippen molar-refractivity contribution in [1.82, 2.24) is 14.5 Å². The van der Waals surface area contributed by atoms with Crippen LogP contribution in [0, 0.1) is 31.3 Å². The quantitative estimate of drug-likeness (QED) is 0.555. The van der Waals surface area contributed by atoms with Gasteiger partial charge in [0.05, 0.1) is 16.8 Å². The van der Waals surface area contributed by atoms with Crippen LogP contribution in [0.2, 0.25) is 0 Å². The first-order valence-corrected chi connectivity index (χ1v) is 8.68. The third-order valence-corrected chi connectivity index (χ3v) is 4.61. The topological polar surface area (TPSA) is 73.8 Å². The normalized spacial score (nSPS) is 11.2. The highest BCUT2D eigenvalue weighted by Gasteiger charge is 2.21. The minimum Gasteiger partial charge on any atom is -0.398 e. The van der Waals surface area contributed by atoms with E-state index >= 15 is 0 Å². The summed E-state index contributed by atoms with van der Waals surface area (Å²) in [5.41, 5.74) is 6.30. The Morgan fingerprint density at radius 1 is 0.966 bits per heavy atom. The fraction of sp³-hybridized carbons (Fsp3) is 0.0952. The number of aromatic nitrogens is 3. The average Bonchev–Trinajstić information content (AvgIpc) is 2.63. The van der Waals surface area contributed by atoms with Crippen LogP contribution in [0.5, 0.6) is 0 Å². The molecule has 0 saturated heterocycles. The lowest BCUT2D eigenvalue weighted by atomic mass is 10.0. The highest BCUT2D eigenvalue weighted by Crippen LogP contribution is 2.33. The van der Waals surface area contributed by atoms with E-state index in [1.54, 1.807) is 13.8 Å². The first-order valence-electron chi connectivity index (χ1n) is 8.68. The van der Waals surface area contributed by atoms with E-state index in [1.165, 1.54) is 24.3 Å². The number of hydrogen-bond acceptors (Lipinski definition) is 4. The third kappa shape index (κ3) is 3.02. The van der Waals surface area contributed by atoms with Gasteiger partial charge in [0.2, 0.25) is 0 Å². The van der Waals surface area contributed by atoms with Gasteiger partial charge in [0, 0.05) is 11.6 Å². The van der Waals surface area contributed by atoms with Gasteiger partial charge in [-0.2, -0.15) is 0 Å². The molecule has 8 heteroatoms. The number of nitrogen functional groups attached to an aromatic ring is 1. The largest absolute Gasteiger partial charge is 0.398 e. The van der Waals surface area contributed by atoms with Gasteiger partial charge in [-0.1, -0.05) is 6.07 Å². The van der Waals surface area contributed by atoms with Crippen molar-refractivity contribution in [3.63, 3.8) is 0 Å². The molecular formula is C21H15F3N4O. The van der Waals surface area contributed by atoms with E-state index in [0.717, 1.165) is 22.8 Å². The Labute approximate surface area is 163 Å². The maximum Gasteiger partial charge on any atom is 0.259 e. The Kier molecular flexibility index (Phi) is 4.34. The molecule has 0 atom stereocenters. The van der Waals surface area contributed by atoms with Crippen molar-refractivity contribution in [2.75, 3.05) is 5.73 Å². The van der Waals surface area contributed by atoms with Crippen molar-refractivity contribution in [3.05, 3.63) is 81.7 Å². The molecule has 0 amide bonds. The van der Waals surface area contributed by atoms with Gasteiger partial charge in [0.15, 0.2) is 5.65 Å². The molecule has 2 N–H and O–H groups in total. The number of pyridine rings is 1. The number of para-hydroxylation sites is 1. The molecule has 0 aliphatic heterocycles. The molecule has 0 bridgehead atoms. The molecule has 146 valence electrons. The van der Waals surface area contributed by atoms with Crippen molar-refractivity contribution in [1.29, 1.82) is 0 Å². The van der Waals surface area contributed by atoms with Crippen LogP contribution in [-0.4, -0.2) is 14.5 Å². The monoisotopic (exact) mass is 396 g/mol. The molecule has 0 fully saturated rings. The number of hydrogen-bond donors (Lipinski definition) is 1. The predicted molar refractivity (Wildman–Crippen MR) is 104 cm³/mol. The highest BCUT2D eigenvalue weighted by molar-refractivity contribution is 6.00. The second kappa shape index (κ2) is 6.73. The molecule has 0 unspecified atom stereocenters. The zero-order valence-corrected chi connectivity index (χ0v) is 15.5. The fourth-order valence-electron chi connectivity index (χ4n) is 3.37. The second-order valence-corrected chi connectivity index (χ2v) is 6.62. The maximum atomic E-state index is 14.5. The maximum absolute atomic E-state index is 14.5. The molecule has 4 rings (SSSR count). The van der Waals surface area contributed by atoms with Crippen LogP contribution in [-0.2, 0) is 0 Å². The lowest BCUT2D eigenvalue weighted by molar-refractivity contribution is 0.568. The Hall–Kier alpha value is -3.68. The summed E-state index contributed by atoms with van der Waals surface area (Å²) in [5, 5.41) is 0.243. The van der Waals surface area contributed by atoms with E-state index in [0.29, 0.717) is 16.8 Å². The Morgan fingerprint density at radius 3 is 2.31 bits per heavy atom. The highest BCUT2D eigenvalue weighted by atomic mass is 19.1. The summed E-state index contributed by atoms with van der Waals surface area (Å²) < 4.78 is 43.3. The molecule has 0 spiro atoms. The predicted octanol–water partition coefficient (Wildman–Crippen LogP) is 4.06. The lowest BCUT2D eigenvalue weighted by Gasteiger charge is -2.16. The first-order chi connectivity index (χ1) is 13.8. The van der Waals surface area contributed by atoms with Crippen molar-refractivity contribution < 1.29 is 13.2 Å². The number of rotatable bonds is 2. The van der Waals surface area contributed by atoms with Gasteiger partial charge in [-0.25, -0.2) is 23.1 Å². The molecule has 0 aliphatic rings. The fourth-order valence-corrected chi connectivity index (χ4v) is 3.37. The van der Waals surface area contributed by atoms with E-state index < -0.39 is 28.7 Å². The lowest BCUT2D eigenvalue weighted by Crippen LogP contribution is -2.22. The third-order valence-electron chi connectivity index (χ3n) is 4.61. The zero-order chi connectivity index (χ0) is 20.9. The van der Waals surface area contributed by atoms with Crippen molar-refractivity contribution >= 4 is 16.7 Å². The summed E-state index contributed by atoms with van der Waals surface area (Å²) in [4.78, 5) is 21.3. The van der Waals surface area contributed by atoms with E-state index in [2.05, 4.69) is 9.97 Å². The number of benzene rings is 2. The number of aryl methyl sites for hydroxylation is 2. The molecule has 2 aromatic heterocycles. The van der Waals surface area contributed by atoms with Crippen LogP contribution < -0.4 is 11.3 Å². The minimum absolute atomic E-state index is 0.0368. The molecule has 2 aromatic carbocycles. The molecule has 5 nitrogen and oxygen atoms in total. The Bertz CT molecular complexity index is 1330. The summed E-state index contributed by atoms with van der Waals surface area (Å²) >= 11 is 0. The van der Waals surface area contributed by atoms with E-state index in [-0.39, 0.29) is 22.5 Å². The second-order valence-electron chi connectivity index (χ2n) is 6.62. The van der Waals surface area contributed by atoms with Gasteiger partial charge < -0.3 is 5.73 Å². The standard InChI is InChI=1S/C21H15F3N4O/c1-10-8-12(22)6-7-13(10)19-18-16(25)9-17(29)28(21(18)27-11(2)26-19)20-14(23)4-3-5-15(20)24/h3-9H,25H2,1-2H3. The molecule has 29 heavy (non-hydrogen) atoms. The van der Waals surface area contributed by atoms with Crippen LogP contribution in [0.1, 0.15) is 11.4 Å². The molecule has 0 radical (unpaired) electrons. The van der Waals surface area contributed by atoms with Gasteiger partial charge in [-0.3, -0.25) is 9.36 Å². The van der Waals surface area contributed by atoms with Gasteiger partial charge >= 0.3 is 0 Å². The summed E-state index contributed by atoms with van der Waals surface area (Å²) in [6.45, 7) is 3.28. The van der Waals surface area contributed by atoms with Crippen LogP contribution in [0.3, 0.4) is 0 Å². The summed E-state index contributed by atoms with van der Waals surface area (Å²) in [6, 6.07) is 8.50. The van der Waals surface area contributed by atoms with E-state index in [1.807, 2.05) is 0 Å². The summed E-state index contributed by atoms with van der Waals surface area (Å²) in [5.74, 6) is -2.01. The number of nitrogens with two attached hydrogens (primary N) is 1. The van der Waals surface area contributed by atoms with Crippen molar-refractivity contribution in [2.24, 2.45) is 0 Å². The number of nitrogens with zero attached hydrogens (tertiary/aromatic N) is 3. The summed E-state index contributed by atoms with van der Waals surface area (Å²) in [6.07, 6.45) is 0. The van der Waals surface area contributed by atoms with Gasteiger partial charge in [0.1, 0.15) is 29.0 Å². The summed E-state index contributed by atoms with van der Waals surface area (Å²) in [7, 11) is 0.